The zero-order valence-corrected chi connectivity index (χ0v) is 15.9. The molecule has 0 aromatic heterocycles. The smallest absolute Gasteiger partial charge is 0.267 e. The molecular weight excluding hydrogens is 328 g/mol. The zero-order valence-electron chi connectivity index (χ0n) is 15.9. The Bertz CT molecular complexity index is 638. The number of benzene rings is 1. The Balaban J connectivity index is 1.62. The summed E-state index contributed by atoms with van der Waals surface area (Å²) in [5, 5.41) is 0. The molecule has 1 aromatic rings. The maximum Gasteiger partial charge on any atom is 0.267 e. The number of hydrogen-bond acceptors (Lipinski definition) is 3. The zero-order chi connectivity index (χ0) is 18.5. The van der Waals surface area contributed by atoms with Gasteiger partial charge in [0.2, 0.25) is 5.91 Å². The van der Waals surface area contributed by atoms with Crippen LogP contribution in [-0.4, -0.2) is 42.5 Å². The number of hydrogen-bond donors (Lipinski definition) is 0. The molecule has 2 amide bonds. The van der Waals surface area contributed by atoms with E-state index >= 15 is 0 Å². The molecule has 1 saturated carbocycles. The predicted molar refractivity (Wildman–Crippen MR) is 102 cm³/mol. The van der Waals surface area contributed by atoms with Crippen LogP contribution in [0.2, 0.25) is 0 Å². The highest BCUT2D eigenvalue weighted by Gasteiger charge is 2.32. The molecule has 0 saturated heterocycles. The monoisotopic (exact) mass is 358 g/mol. The number of carbonyl (C=O) groups excluding carboxylic acids is 2. The molecule has 1 aromatic carbocycles. The van der Waals surface area contributed by atoms with Crippen LogP contribution in [0.1, 0.15) is 58.3 Å². The Morgan fingerprint density at radius 2 is 1.81 bits per heavy atom. The van der Waals surface area contributed by atoms with Crippen LogP contribution in [-0.2, 0) is 9.59 Å². The van der Waals surface area contributed by atoms with Gasteiger partial charge in [0.15, 0.2) is 6.10 Å². The number of para-hydroxylation sites is 2. The summed E-state index contributed by atoms with van der Waals surface area (Å²) in [5.41, 5.74) is 0.761. The Kier molecular flexibility index (Phi) is 6.17. The first-order valence-electron chi connectivity index (χ1n) is 9.90. The van der Waals surface area contributed by atoms with E-state index in [1.807, 2.05) is 36.2 Å². The van der Waals surface area contributed by atoms with Crippen molar-refractivity contribution >= 4 is 17.5 Å². The summed E-state index contributed by atoms with van der Waals surface area (Å²) in [6, 6.07) is 7.87. The van der Waals surface area contributed by atoms with Crippen molar-refractivity contribution in [3.8, 4) is 5.75 Å². The molecule has 142 valence electrons. The molecule has 1 atom stereocenters. The SMILES string of the molecule is CC1Oc2ccccc2N(CCC(=O)N(C)C2CCCCCCC2)C1=O. The fraction of sp³-hybridized carbons (Fsp3) is 0.619. The fourth-order valence-corrected chi connectivity index (χ4v) is 4.00. The van der Waals surface area contributed by atoms with Crippen LogP contribution in [0.25, 0.3) is 0 Å². The molecule has 26 heavy (non-hydrogen) atoms. The number of fused-ring (bicyclic) bond motifs is 1. The largest absolute Gasteiger partial charge is 0.479 e. The highest BCUT2D eigenvalue weighted by molar-refractivity contribution is 6.00. The Morgan fingerprint density at radius 3 is 2.54 bits per heavy atom. The summed E-state index contributed by atoms with van der Waals surface area (Å²) in [6.07, 6.45) is 8.30. The van der Waals surface area contributed by atoms with Crippen molar-refractivity contribution in [3.63, 3.8) is 0 Å². The maximum atomic E-state index is 12.7. The van der Waals surface area contributed by atoms with E-state index in [1.54, 1.807) is 11.8 Å². The average Bonchev–Trinajstić information content (AvgIpc) is 2.61. The van der Waals surface area contributed by atoms with Crippen molar-refractivity contribution in [2.24, 2.45) is 0 Å². The van der Waals surface area contributed by atoms with Crippen molar-refractivity contribution in [3.05, 3.63) is 24.3 Å². The van der Waals surface area contributed by atoms with E-state index in [-0.39, 0.29) is 11.8 Å². The van der Waals surface area contributed by atoms with Crippen LogP contribution in [0.4, 0.5) is 5.69 Å². The number of carbonyl (C=O) groups is 2. The fourth-order valence-electron chi connectivity index (χ4n) is 4.00. The van der Waals surface area contributed by atoms with Crippen molar-refractivity contribution in [1.29, 1.82) is 0 Å². The van der Waals surface area contributed by atoms with Gasteiger partial charge in [-0.3, -0.25) is 9.59 Å². The summed E-state index contributed by atoms with van der Waals surface area (Å²) >= 11 is 0. The Labute approximate surface area is 156 Å². The van der Waals surface area contributed by atoms with Crippen LogP contribution < -0.4 is 9.64 Å². The maximum absolute atomic E-state index is 12.7. The van der Waals surface area contributed by atoms with Crippen LogP contribution in [0.5, 0.6) is 5.75 Å². The molecule has 3 rings (SSSR count). The van der Waals surface area contributed by atoms with Gasteiger partial charge < -0.3 is 14.5 Å². The summed E-state index contributed by atoms with van der Waals surface area (Å²) in [4.78, 5) is 28.9. The topological polar surface area (TPSA) is 49.9 Å². The lowest BCUT2D eigenvalue weighted by Gasteiger charge is -2.34. The van der Waals surface area contributed by atoms with Gasteiger partial charge in [-0.2, -0.15) is 0 Å². The number of rotatable bonds is 4. The lowest BCUT2D eigenvalue weighted by Crippen LogP contribution is -2.46. The molecule has 0 bridgehead atoms. The van der Waals surface area contributed by atoms with Crippen molar-refractivity contribution < 1.29 is 14.3 Å². The molecule has 2 aliphatic rings. The first kappa shape index (κ1) is 18.7. The Hall–Kier alpha value is -2.04. The summed E-state index contributed by atoms with van der Waals surface area (Å²) in [7, 11) is 1.92. The Morgan fingerprint density at radius 1 is 1.15 bits per heavy atom. The van der Waals surface area contributed by atoms with Gasteiger partial charge in [-0.25, -0.2) is 0 Å². The van der Waals surface area contributed by atoms with E-state index < -0.39 is 6.10 Å². The molecular formula is C21H30N2O3. The molecule has 1 aliphatic heterocycles. The van der Waals surface area contributed by atoms with Gasteiger partial charge in [0.05, 0.1) is 5.69 Å². The molecule has 0 radical (unpaired) electrons. The summed E-state index contributed by atoms with van der Waals surface area (Å²) in [6.45, 7) is 2.16. The predicted octanol–water partition coefficient (Wildman–Crippen LogP) is 3.76. The molecule has 0 spiro atoms. The highest BCUT2D eigenvalue weighted by atomic mass is 16.5. The average molecular weight is 358 g/mol. The van der Waals surface area contributed by atoms with Crippen molar-refractivity contribution in [2.45, 2.75) is 70.4 Å². The third-order valence-corrected chi connectivity index (χ3v) is 5.64. The van der Waals surface area contributed by atoms with E-state index in [1.165, 1.54) is 32.1 Å². The van der Waals surface area contributed by atoms with E-state index in [4.69, 9.17) is 4.74 Å². The third-order valence-electron chi connectivity index (χ3n) is 5.64. The van der Waals surface area contributed by atoms with Gasteiger partial charge >= 0.3 is 0 Å². The molecule has 1 fully saturated rings. The van der Waals surface area contributed by atoms with Gasteiger partial charge in [0.25, 0.3) is 5.91 Å². The van der Waals surface area contributed by atoms with Crippen molar-refractivity contribution in [2.75, 3.05) is 18.5 Å². The van der Waals surface area contributed by atoms with Gasteiger partial charge in [0.1, 0.15) is 5.75 Å². The lowest BCUT2D eigenvalue weighted by molar-refractivity contribution is -0.132. The number of nitrogens with zero attached hydrogens (tertiary/aromatic N) is 2. The van der Waals surface area contributed by atoms with Gasteiger partial charge in [-0.15, -0.1) is 0 Å². The summed E-state index contributed by atoms with van der Waals surface area (Å²) in [5.74, 6) is 0.755. The summed E-state index contributed by atoms with van der Waals surface area (Å²) < 4.78 is 5.66. The van der Waals surface area contributed by atoms with E-state index in [2.05, 4.69) is 0 Å². The number of amides is 2. The van der Waals surface area contributed by atoms with Gasteiger partial charge in [-0.05, 0) is 31.9 Å². The van der Waals surface area contributed by atoms with Crippen LogP contribution in [0.15, 0.2) is 24.3 Å². The second-order valence-corrected chi connectivity index (χ2v) is 7.47. The minimum Gasteiger partial charge on any atom is -0.479 e. The third kappa shape index (κ3) is 4.19. The van der Waals surface area contributed by atoms with Crippen LogP contribution >= 0.6 is 0 Å². The molecule has 0 N–H and O–H groups in total. The first-order chi connectivity index (χ1) is 12.6. The van der Waals surface area contributed by atoms with E-state index in [9.17, 15) is 9.59 Å². The minimum atomic E-state index is -0.511. The second-order valence-electron chi connectivity index (χ2n) is 7.47. The quantitative estimate of drug-likeness (QED) is 0.823. The lowest BCUT2D eigenvalue weighted by atomic mass is 9.95. The van der Waals surface area contributed by atoms with Gasteiger partial charge in [0, 0.05) is 26.1 Å². The van der Waals surface area contributed by atoms with Crippen LogP contribution in [0.3, 0.4) is 0 Å². The molecule has 1 heterocycles. The van der Waals surface area contributed by atoms with Gasteiger partial charge in [-0.1, -0.05) is 44.2 Å². The van der Waals surface area contributed by atoms with Crippen molar-refractivity contribution in [1.82, 2.24) is 4.90 Å². The number of ether oxygens (including phenoxy) is 1. The minimum absolute atomic E-state index is 0.0786. The standard InChI is InChI=1S/C21H30N2O3/c1-16-21(25)23(18-12-8-9-13-19(18)26-16)15-14-20(24)22(2)17-10-6-4-3-5-7-11-17/h8-9,12-13,16-17H,3-7,10-11,14-15H2,1-2H3. The molecule has 5 nitrogen and oxygen atoms in total. The second kappa shape index (κ2) is 8.56. The highest BCUT2D eigenvalue weighted by Crippen LogP contribution is 2.33. The first-order valence-corrected chi connectivity index (χ1v) is 9.90. The molecule has 5 heteroatoms. The van der Waals surface area contributed by atoms with E-state index in [0.717, 1.165) is 18.5 Å². The normalized spacial score (nSPS) is 21.4. The van der Waals surface area contributed by atoms with Crippen LogP contribution in [0, 0.1) is 0 Å². The molecule has 1 aliphatic carbocycles. The number of anilines is 1. The molecule has 1 unspecified atom stereocenters. The van der Waals surface area contributed by atoms with E-state index in [0.29, 0.717) is 24.8 Å².